The zero-order valence-electron chi connectivity index (χ0n) is 6.68. The van der Waals surface area contributed by atoms with Crippen LogP contribution < -0.4 is 0 Å². The van der Waals surface area contributed by atoms with Gasteiger partial charge in [0.05, 0.1) is 6.61 Å². The van der Waals surface area contributed by atoms with Crippen molar-refractivity contribution in [1.82, 2.24) is 0 Å². The fourth-order valence-electron chi connectivity index (χ4n) is 0.409. The molecule has 0 amide bonds. The van der Waals surface area contributed by atoms with Crippen molar-refractivity contribution in [2.75, 3.05) is 13.2 Å². The van der Waals surface area contributed by atoms with E-state index in [1.165, 1.54) is 6.92 Å². The first-order chi connectivity index (χ1) is 5.88. The third-order valence-electron chi connectivity index (χ3n) is 0.858. The lowest BCUT2D eigenvalue weighted by Crippen LogP contribution is -2.28. The Labute approximate surface area is 71.6 Å². The van der Waals surface area contributed by atoms with Gasteiger partial charge < -0.3 is 9.47 Å². The normalized spacial score (nSPS) is 10.8. The Bertz CT molecular complexity index is 199. The molecule has 0 rings (SSSR count). The van der Waals surface area contributed by atoms with Crippen LogP contribution in [0.3, 0.4) is 0 Å². The van der Waals surface area contributed by atoms with Crippen LogP contribution >= 0.6 is 0 Å². The quantitative estimate of drug-likeness (QED) is 0.628. The number of ether oxygens (including phenoxy) is 2. The first kappa shape index (κ1) is 11.7. The molecule has 0 radical (unpaired) electrons. The van der Waals surface area contributed by atoms with E-state index >= 15 is 0 Å². The molecule has 13 heavy (non-hydrogen) atoms. The fourth-order valence-corrected chi connectivity index (χ4v) is 0.409. The number of hydrogen-bond donors (Lipinski definition) is 0. The van der Waals surface area contributed by atoms with Crippen molar-refractivity contribution in [3.05, 3.63) is 0 Å². The summed E-state index contributed by atoms with van der Waals surface area (Å²) in [7, 11) is 0. The standard InChI is InChI=1S/C6H7F3O4/c1-2-12-4(10)3-13-5(11)6(7,8)9/h2-3H2,1H3. The van der Waals surface area contributed by atoms with Crippen molar-refractivity contribution in [3.8, 4) is 0 Å². The maximum atomic E-state index is 11.5. The van der Waals surface area contributed by atoms with Crippen LogP contribution in [-0.4, -0.2) is 31.3 Å². The summed E-state index contributed by atoms with van der Waals surface area (Å²) in [5.74, 6) is -3.42. The van der Waals surface area contributed by atoms with E-state index in [9.17, 15) is 22.8 Å². The van der Waals surface area contributed by atoms with E-state index in [-0.39, 0.29) is 6.61 Å². The van der Waals surface area contributed by atoms with Gasteiger partial charge >= 0.3 is 18.1 Å². The van der Waals surface area contributed by atoms with Gasteiger partial charge in [0.1, 0.15) is 0 Å². The molecule has 7 heteroatoms. The molecule has 0 heterocycles. The summed E-state index contributed by atoms with van der Waals surface area (Å²) in [5, 5.41) is 0. The smallest absolute Gasteiger partial charge is 0.463 e. The lowest BCUT2D eigenvalue weighted by Gasteiger charge is -2.05. The molecule has 0 aromatic rings. The summed E-state index contributed by atoms with van der Waals surface area (Å²) in [4.78, 5) is 20.4. The lowest BCUT2D eigenvalue weighted by atomic mass is 10.6. The molecule has 76 valence electrons. The third kappa shape index (κ3) is 5.05. The average molecular weight is 200 g/mol. The molecule has 0 fully saturated rings. The number of carbonyl (C=O) groups excluding carboxylic acids is 2. The minimum absolute atomic E-state index is 0.0163. The van der Waals surface area contributed by atoms with Crippen LogP contribution in [0.25, 0.3) is 0 Å². The minimum Gasteiger partial charge on any atom is -0.463 e. The second-order valence-corrected chi connectivity index (χ2v) is 1.88. The van der Waals surface area contributed by atoms with Crippen molar-refractivity contribution < 1.29 is 32.2 Å². The van der Waals surface area contributed by atoms with Gasteiger partial charge in [0, 0.05) is 0 Å². The first-order valence-corrected chi connectivity index (χ1v) is 3.27. The van der Waals surface area contributed by atoms with E-state index in [0.29, 0.717) is 0 Å². The summed E-state index contributed by atoms with van der Waals surface area (Å²) in [6, 6.07) is 0. The number of rotatable bonds is 3. The Morgan fingerprint density at radius 2 is 1.77 bits per heavy atom. The second kappa shape index (κ2) is 4.68. The topological polar surface area (TPSA) is 52.6 Å². The molecule has 0 saturated heterocycles. The van der Waals surface area contributed by atoms with E-state index in [1.54, 1.807) is 0 Å². The summed E-state index contributed by atoms with van der Waals surface area (Å²) in [6.45, 7) is 0.470. The summed E-state index contributed by atoms with van der Waals surface area (Å²) >= 11 is 0. The Balaban J connectivity index is 3.77. The molecule has 0 atom stereocenters. The largest absolute Gasteiger partial charge is 0.490 e. The Hall–Kier alpha value is -1.27. The second-order valence-electron chi connectivity index (χ2n) is 1.88. The molecule has 0 unspecified atom stereocenters. The van der Waals surface area contributed by atoms with Crippen LogP contribution in [0.2, 0.25) is 0 Å². The van der Waals surface area contributed by atoms with Crippen LogP contribution in [0, 0.1) is 0 Å². The zero-order chi connectivity index (χ0) is 10.5. The monoisotopic (exact) mass is 200 g/mol. The number of halogens is 3. The predicted molar refractivity (Wildman–Crippen MR) is 33.6 cm³/mol. The van der Waals surface area contributed by atoms with Crippen molar-refractivity contribution >= 4 is 11.9 Å². The van der Waals surface area contributed by atoms with E-state index in [2.05, 4.69) is 9.47 Å². The minimum atomic E-state index is -5.08. The lowest BCUT2D eigenvalue weighted by molar-refractivity contribution is -0.201. The van der Waals surface area contributed by atoms with E-state index < -0.39 is 24.7 Å². The van der Waals surface area contributed by atoms with Crippen LogP contribution in [0.5, 0.6) is 0 Å². The highest BCUT2D eigenvalue weighted by atomic mass is 19.4. The highest BCUT2D eigenvalue weighted by Crippen LogP contribution is 2.16. The van der Waals surface area contributed by atoms with Gasteiger partial charge in [-0.15, -0.1) is 0 Å². The van der Waals surface area contributed by atoms with Crippen molar-refractivity contribution in [3.63, 3.8) is 0 Å². The van der Waals surface area contributed by atoms with Gasteiger partial charge in [-0.3, -0.25) is 0 Å². The number of alkyl halides is 3. The summed E-state index contributed by atoms with van der Waals surface area (Å²) in [6.07, 6.45) is -5.08. The van der Waals surface area contributed by atoms with Gasteiger partial charge in [-0.05, 0) is 6.92 Å². The maximum Gasteiger partial charge on any atom is 0.490 e. The average Bonchev–Trinajstić information content (AvgIpc) is 1.99. The van der Waals surface area contributed by atoms with E-state index in [4.69, 9.17) is 0 Å². The van der Waals surface area contributed by atoms with Gasteiger partial charge in [-0.25, -0.2) is 9.59 Å². The fraction of sp³-hybridized carbons (Fsp3) is 0.667. The molecule has 0 aromatic heterocycles. The Morgan fingerprint density at radius 1 is 1.23 bits per heavy atom. The highest BCUT2D eigenvalue weighted by Gasteiger charge is 2.41. The molecule has 0 bridgehead atoms. The highest BCUT2D eigenvalue weighted by molar-refractivity contribution is 5.79. The molecule has 4 nitrogen and oxygen atoms in total. The number of hydrogen-bond acceptors (Lipinski definition) is 4. The number of carbonyl (C=O) groups is 2. The van der Waals surface area contributed by atoms with Crippen LogP contribution in [0.1, 0.15) is 6.92 Å². The molecule has 0 aliphatic carbocycles. The van der Waals surface area contributed by atoms with Gasteiger partial charge in [-0.2, -0.15) is 13.2 Å². The van der Waals surface area contributed by atoms with Crippen LogP contribution in [0.4, 0.5) is 13.2 Å². The Kier molecular flexibility index (Phi) is 4.22. The molecule has 0 spiro atoms. The summed E-state index contributed by atoms with van der Waals surface area (Å²) < 4.78 is 42.2. The third-order valence-corrected chi connectivity index (χ3v) is 0.858. The molecule has 0 saturated carbocycles. The van der Waals surface area contributed by atoms with Crippen molar-refractivity contribution in [2.24, 2.45) is 0 Å². The van der Waals surface area contributed by atoms with Crippen molar-refractivity contribution in [2.45, 2.75) is 13.1 Å². The zero-order valence-corrected chi connectivity index (χ0v) is 6.68. The van der Waals surface area contributed by atoms with Crippen molar-refractivity contribution in [1.29, 1.82) is 0 Å². The molecular weight excluding hydrogens is 193 g/mol. The maximum absolute atomic E-state index is 11.5. The van der Waals surface area contributed by atoms with Gasteiger partial charge in [0.2, 0.25) is 0 Å². The Morgan fingerprint density at radius 3 is 2.15 bits per heavy atom. The molecule has 0 aliphatic heterocycles. The SMILES string of the molecule is CCOC(=O)COC(=O)C(F)(F)F. The van der Waals surface area contributed by atoms with E-state index in [0.717, 1.165) is 0 Å². The van der Waals surface area contributed by atoms with Gasteiger partial charge in [0.15, 0.2) is 6.61 Å². The molecule has 0 aromatic carbocycles. The predicted octanol–water partition coefficient (Wildman–Crippen LogP) is 0.655. The molecule has 0 aliphatic rings. The number of esters is 2. The molecular formula is C6H7F3O4. The van der Waals surface area contributed by atoms with E-state index in [1.807, 2.05) is 0 Å². The van der Waals surface area contributed by atoms with Crippen LogP contribution in [-0.2, 0) is 19.1 Å². The summed E-state index contributed by atoms with van der Waals surface area (Å²) in [5.41, 5.74) is 0. The van der Waals surface area contributed by atoms with Gasteiger partial charge in [-0.1, -0.05) is 0 Å². The van der Waals surface area contributed by atoms with Gasteiger partial charge in [0.25, 0.3) is 0 Å². The molecule has 0 N–H and O–H groups in total. The first-order valence-electron chi connectivity index (χ1n) is 3.27. The van der Waals surface area contributed by atoms with Crippen LogP contribution in [0.15, 0.2) is 0 Å².